The van der Waals surface area contributed by atoms with Gasteiger partial charge < -0.3 is 10.6 Å². The van der Waals surface area contributed by atoms with E-state index in [-0.39, 0.29) is 46.5 Å². The molecule has 0 radical (unpaired) electrons. The van der Waals surface area contributed by atoms with Gasteiger partial charge in [0.25, 0.3) is 17.0 Å². The third-order valence-electron chi connectivity index (χ3n) is 6.34. The predicted octanol–water partition coefficient (Wildman–Crippen LogP) is 1.71. The van der Waals surface area contributed by atoms with E-state index < -0.39 is 16.8 Å². The molecule has 1 aliphatic carbocycles. The van der Waals surface area contributed by atoms with E-state index in [2.05, 4.69) is 4.37 Å². The average molecular weight is 471 g/mol. The van der Waals surface area contributed by atoms with Gasteiger partial charge >= 0.3 is 0 Å². The maximum Gasteiger partial charge on any atom is 0.299 e. The average Bonchev–Trinajstić information content (AvgIpc) is 3.25. The molecule has 5 rings (SSSR count). The van der Waals surface area contributed by atoms with Gasteiger partial charge in [-0.15, -0.1) is 12.4 Å². The predicted molar refractivity (Wildman–Crippen MR) is 121 cm³/mol. The number of nitrogens with one attached hydrogen (secondary N) is 1. The fourth-order valence-corrected chi connectivity index (χ4v) is 5.45. The van der Waals surface area contributed by atoms with E-state index >= 15 is 4.39 Å². The molecule has 3 N–H and O–H groups in total. The van der Waals surface area contributed by atoms with Gasteiger partial charge in [0.1, 0.15) is 17.9 Å². The van der Waals surface area contributed by atoms with Crippen LogP contribution in [0.2, 0.25) is 0 Å². The molecular weight excluding hydrogens is 445 g/mol. The van der Waals surface area contributed by atoms with Crippen LogP contribution in [-0.2, 0) is 0 Å². The normalized spacial score (nSPS) is 19.3. The molecule has 0 unspecified atom stereocenters. The van der Waals surface area contributed by atoms with E-state index in [4.69, 9.17) is 10.6 Å². The number of aromatic amines is 1. The molecule has 0 amide bonds. The highest BCUT2D eigenvalue weighted by Crippen LogP contribution is 2.39. The zero-order valence-corrected chi connectivity index (χ0v) is 19.2. The van der Waals surface area contributed by atoms with Gasteiger partial charge in [0, 0.05) is 11.5 Å². The molecule has 1 saturated carbocycles. The summed E-state index contributed by atoms with van der Waals surface area (Å²) in [6.45, 7) is 5.21. The number of hydrogen-bond donors (Lipinski definition) is 2. The lowest BCUT2D eigenvalue weighted by Gasteiger charge is -2.26. The van der Waals surface area contributed by atoms with Crippen molar-refractivity contribution < 1.29 is 14.0 Å². The van der Waals surface area contributed by atoms with Gasteiger partial charge in [0.05, 0.1) is 19.1 Å². The fourth-order valence-electron chi connectivity index (χ4n) is 4.54. The topological polar surface area (TPSA) is 97.2 Å². The van der Waals surface area contributed by atoms with Gasteiger partial charge in [0.15, 0.2) is 10.6 Å². The molecule has 3 aromatic rings. The molecule has 2 aliphatic rings. The Kier molecular flexibility index (Phi) is 5.30. The number of pyridine rings is 2. The van der Waals surface area contributed by atoms with Crippen molar-refractivity contribution in [3.05, 3.63) is 32.5 Å². The summed E-state index contributed by atoms with van der Waals surface area (Å²) in [6.07, 6.45) is 2.71. The summed E-state index contributed by atoms with van der Waals surface area (Å²) in [5.74, 6) is -0.0565. The van der Waals surface area contributed by atoms with E-state index in [9.17, 15) is 9.59 Å². The second-order valence-corrected chi connectivity index (χ2v) is 9.72. The Balaban J connectivity index is 0.00000231. The first-order valence-electron chi connectivity index (χ1n) is 10.1. The molecule has 11 heteroatoms. The quantitative estimate of drug-likeness (QED) is 0.566. The van der Waals surface area contributed by atoms with Crippen molar-refractivity contribution >= 4 is 51.0 Å². The number of H-pyrrole nitrogens is 1. The number of nitrogens with zero attached hydrogens (tertiary/aromatic N) is 3. The number of halogens is 2. The van der Waals surface area contributed by atoms with E-state index in [1.54, 1.807) is 0 Å². The van der Waals surface area contributed by atoms with Crippen LogP contribution in [-0.4, -0.2) is 34.7 Å². The van der Waals surface area contributed by atoms with Gasteiger partial charge in [-0.1, -0.05) is 0 Å². The minimum Gasteiger partial charge on any atom is -0.359 e. The van der Waals surface area contributed by atoms with Crippen molar-refractivity contribution in [2.45, 2.75) is 44.7 Å². The Morgan fingerprint density at radius 1 is 1.32 bits per heavy atom. The molecule has 2 fully saturated rings. The Labute approximate surface area is 187 Å². The molecular formula is C20H26ClFN5O3S+. The molecule has 0 aromatic carbocycles. The van der Waals surface area contributed by atoms with Gasteiger partial charge in [0.2, 0.25) is 5.43 Å². The van der Waals surface area contributed by atoms with Crippen molar-refractivity contribution in [1.29, 1.82) is 0 Å². The van der Waals surface area contributed by atoms with Gasteiger partial charge in [-0.25, -0.2) is 4.57 Å². The summed E-state index contributed by atoms with van der Waals surface area (Å²) < 4.78 is 21.4. The highest BCUT2D eigenvalue weighted by molar-refractivity contribution is 7.12. The zero-order chi connectivity index (χ0) is 21.4. The van der Waals surface area contributed by atoms with Crippen LogP contribution in [0.1, 0.15) is 39.2 Å². The molecule has 1 aliphatic heterocycles. The highest BCUT2D eigenvalue weighted by atomic mass is 35.5. The molecule has 31 heavy (non-hydrogen) atoms. The number of hydrogen-bond acceptors (Lipinski definition) is 6. The summed E-state index contributed by atoms with van der Waals surface area (Å²) >= 11 is 1.14. The smallest absolute Gasteiger partial charge is 0.299 e. The number of fused-ring (bicyclic) bond motifs is 2. The largest absolute Gasteiger partial charge is 0.359 e. The van der Waals surface area contributed by atoms with Gasteiger partial charge in [-0.3, -0.25) is 18.9 Å². The molecule has 3 aromatic heterocycles. The third kappa shape index (κ3) is 3.32. The number of nitrogens with two attached hydrogens (primary N) is 1. The summed E-state index contributed by atoms with van der Waals surface area (Å²) in [5.41, 5.74) is 5.50. The number of anilines is 1. The van der Waals surface area contributed by atoms with Crippen molar-refractivity contribution in [3.63, 3.8) is 0 Å². The molecule has 4 heterocycles. The second-order valence-electron chi connectivity index (χ2n) is 8.93. The van der Waals surface area contributed by atoms with Crippen LogP contribution >= 0.6 is 23.9 Å². The Morgan fingerprint density at radius 3 is 2.61 bits per heavy atom. The van der Waals surface area contributed by atoms with E-state index in [0.717, 1.165) is 30.8 Å². The van der Waals surface area contributed by atoms with Crippen molar-refractivity contribution in [3.8, 4) is 0 Å². The zero-order valence-electron chi connectivity index (χ0n) is 17.6. The van der Waals surface area contributed by atoms with Crippen molar-refractivity contribution in [2.75, 3.05) is 25.1 Å². The van der Waals surface area contributed by atoms with E-state index in [1.807, 2.05) is 23.3 Å². The van der Waals surface area contributed by atoms with Gasteiger partial charge in [-0.2, -0.15) is 4.39 Å². The first-order chi connectivity index (χ1) is 14.2. The lowest BCUT2D eigenvalue weighted by Crippen LogP contribution is -2.50. The van der Waals surface area contributed by atoms with Crippen molar-refractivity contribution in [2.24, 2.45) is 11.7 Å². The first kappa shape index (κ1) is 22.0. The van der Waals surface area contributed by atoms with E-state index in [0.29, 0.717) is 23.6 Å². The van der Waals surface area contributed by atoms with E-state index in [1.165, 1.54) is 17.9 Å². The first-order valence-corrected chi connectivity index (χ1v) is 11.0. The lowest BCUT2D eigenvalue weighted by atomic mass is 9.88. The molecule has 0 bridgehead atoms. The molecule has 168 valence electrons. The maximum atomic E-state index is 15.4. The molecule has 1 atom stereocenters. The molecule has 8 nitrogen and oxygen atoms in total. The van der Waals surface area contributed by atoms with Crippen LogP contribution in [0.25, 0.3) is 21.3 Å². The van der Waals surface area contributed by atoms with Crippen LogP contribution < -0.4 is 31.2 Å². The lowest BCUT2D eigenvalue weighted by molar-refractivity contribution is -0.857. The van der Waals surface area contributed by atoms with Gasteiger partial charge in [-0.05, 0) is 55.4 Å². The monoisotopic (exact) mass is 470 g/mol. The minimum atomic E-state index is -0.551. The summed E-state index contributed by atoms with van der Waals surface area (Å²) in [7, 11) is 1.47. The number of rotatable bonds is 4. The van der Waals surface area contributed by atoms with Crippen LogP contribution in [0.3, 0.4) is 0 Å². The van der Waals surface area contributed by atoms with Crippen LogP contribution in [0.15, 0.2) is 15.7 Å². The standard InChI is InChI=1S/C20H24FN5O3S.ClH/c1-20(2,22)10-6-7-24(9-10)18-13(21)8-12-15(27)14-16(28)23-30-19(14)25(11-4-5-11)17(12)26(18)29-3;/h8,10-11H,4-7,9,22H2,1-3H3;1H/p+1/t10-;/m1./s1. The summed E-state index contributed by atoms with van der Waals surface area (Å²) in [4.78, 5) is 33.6. The van der Waals surface area contributed by atoms with Crippen molar-refractivity contribution in [1.82, 2.24) is 8.94 Å². The number of aromatic nitrogens is 3. The third-order valence-corrected chi connectivity index (χ3v) is 7.23. The second kappa shape index (κ2) is 7.46. The Morgan fingerprint density at radius 2 is 2.03 bits per heavy atom. The Hall–Kier alpha value is -2.17. The molecule has 0 spiro atoms. The summed E-state index contributed by atoms with van der Waals surface area (Å²) in [6, 6.07) is 1.40. The SMILES string of the molecule is CO[n+]1c(N2CC[C@@H](C(C)(C)N)C2)c(F)cc2c(=O)c3c(=O)[nH]sc3n(C3CC3)c21.Cl. The Bertz CT molecular complexity index is 1290. The summed E-state index contributed by atoms with van der Waals surface area (Å²) in [5, 5.41) is 0.233. The minimum absolute atomic E-state index is 0. The maximum absolute atomic E-state index is 15.4. The van der Waals surface area contributed by atoms with Crippen LogP contribution in [0, 0.1) is 11.7 Å². The fraction of sp³-hybridized carbons (Fsp3) is 0.550. The van der Waals surface area contributed by atoms with Crippen LogP contribution in [0.5, 0.6) is 0 Å². The highest BCUT2D eigenvalue weighted by Gasteiger charge is 2.41. The van der Waals surface area contributed by atoms with Crippen LogP contribution in [0.4, 0.5) is 10.2 Å². The molecule has 1 saturated heterocycles.